The minimum Gasteiger partial charge on any atom is -0.342 e. The van der Waals surface area contributed by atoms with Crippen LogP contribution in [0, 0.1) is 5.92 Å². The third-order valence-corrected chi connectivity index (χ3v) is 3.03. The lowest BCUT2D eigenvalue weighted by Crippen LogP contribution is -2.30. The molecule has 2 atom stereocenters. The Balaban J connectivity index is 2.25. The molecule has 1 aliphatic rings. The van der Waals surface area contributed by atoms with Gasteiger partial charge in [-0.15, -0.1) is 0 Å². The first-order valence-corrected chi connectivity index (χ1v) is 5.66. The van der Waals surface area contributed by atoms with Gasteiger partial charge in [-0.1, -0.05) is 13.3 Å². The van der Waals surface area contributed by atoms with E-state index in [4.69, 9.17) is 5.73 Å². The summed E-state index contributed by atoms with van der Waals surface area (Å²) in [5.41, 5.74) is 5.62. The SMILES string of the molecule is CCC1CCN(C(=O)CCC(C)N)C1. The van der Waals surface area contributed by atoms with E-state index in [-0.39, 0.29) is 6.04 Å². The zero-order chi connectivity index (χ0) is 10.6. The van der Waals surface area contributed by atoms with Crippen molar-refractivity contribution in [2.45, 2.75) is 45.6 Å². The predicted octanol–water partition coefficient (Wildman–Crippen LogP) is 1.37. The molecule has 0 aromatic rings. The highest BCUT2D eigenvalue weighted by Gasteiger charge is 2.24. The van der Waals surface area contributed by atoms with Crippen LogP contribution in [0.3, 0.4) is 0 Å². The normalized spacial score (nSPS) is 23.9. The fraction of sp³-hybridized carbons (Fsp3) is 0.909. The number of nitrogens with two attached hydrogens (primary N) is 1. The number of likely N-dealkylation sites (tertiary alicyclic amines) is 1. The molecular formula is C11H22N2O. The van der Waals surface area contributed by atoms with Gasteiger partial charge in [-0.25, -0.2) is 0 Å². The fourth-order valence-electron chi connectivity index (χ4n) is 1.90. The van der Waals surface area contributed by atoms with Crippen LogP contribution < -0.4 is 5.73 Å². The van der Waals surface area contributed by atoms with Crippen LogP contribution in [-0.2, 0) is 4.79 Å². The van der Waals surface area contributed by atoms with Gasteiger partial charge in [0.1, 0.15) is 0 Å². The molecule has 0 aromatic carbocycles. The third-order valence-electron chi connectivity index (χ3n) is 3.03. The lowest BCUT2D eigenvalue weighted by molar-refractivity contribution is -0.130. The molecule has 1 amide bonds. The highest BCUT2D eigenvalue weighted by atomic mass is 16.2. The molecule has 1 aliphatic heterocycles. The van der Waals surface area contributed by atoms with E-state index in [2.05, 4.69) is 6.92 Å². The van der Waals surface area contributed by atoms with Crippen molar-refractivity contribution in [1.82, 2.24) is 4.90 Å². The van der Waals surface area contributed by atoms with Crippen molar-refractivity contribution in [3.63, 3.8) is 0 Å². The molecule has 1 rings (SSSR count). The molecule has 82 valence electrons. The van der Waals surface area contributed by atoms with Crippen LogP contribution in [0.5, 0.6) is 0 Å². The number of carbonyl (C=O) groups excluding carboxylic acids is 1. The Kier molecular flexibility index (Phi) is 4.39. The monoisotopic (exact) mass is 198 g/mol. The van der Waals surface area contributed by atoms with E-state index >= 15 is 0 Å². The molecule has 0 bridgehead atoms. The first-order valence-electron chi connectivity index (χ1n) is 5.66. The van der Waals surface area contributed by atoms with Gasteiger partial charge < -0.3 is 10.6 Å². The number of hydrogen-bond donors (Lipinski definition) is 1. The van der Waals surface area contributed by atoms with Gasteiger partial charge in [-0.05, 0) is 25.7 Å². The van der Waals surface area contributed by atoms with Crippen LogP contribution in [0.2, 0.25) is 0 Å². The highest BCUT2D eigenvalue weighted by Crippen LogP contribution is 2.19. The molecule has 1 heterocycles. The van der Waals surface area contributed by atoms with Crippen LogP contribution >= 0.6 is 0 Å². The quantitative estimate of drug-likeness (QED) is 0.741. The Bertz CT molecular complexity index is 192. The average molecular weight is 198 g/mol. The van der Waals surface area contributed by atoms with Gasteiger partial charge in [-0.3, -0.25) is 4.79 Å². The van der Waals surface area contributed by atoms with E-state index in [1.54, 1.807) is 0 Å². The van der Waals surface area contributed by atoms with E-state index in [1.807, 2.05) is 11.8 Å². The number of hydrogen-bond acceptors (Lipinski definition) is 2. The topological polar surface area (TPSA) is 46.3 Å². The van der Waals surface area contributed by atoms with Crippen molar-refractivity contribution in [2.75, 3.05) is 13.1 Å². The van der Waals surface area contributed by atoms with Gasteiger partial charge in [-0.2, -0.15) is 0 Å². The van der Waals surface area contributed by atoms with Crippen LogP contribution in [0.4, 0.5) is 0 Å². The molecule has 0 aromatic heterocycles. The van der Waals surface area contributed by atoms with E-state index < -0.39 is 0 Å². The zero-order valence-electron chi connectivity index (χ0n) is 9.33. The summed E-state index contributed by atoms with van der Waals surface area (Å²) in [6.07, 6.45) is 3.80. The molecule has 0 saturated carbocycles. The maximum atomic E-state index is 11.7. The molecule has 0 spiro atoms. The second-order valence-corrected chi connectivity index (χ2v) is 4.42. The van der Waals surface area contributed by atoms with Gasteiger partial charge >= 0.3 is 0 Å². The summed E-state index contributed by atoms with van der Waals surface area (Å²) in [7, 11) is 0. The first-order chi connectivity index (χ1) is 6.63. The van der Waals surface area contributed by atoms with Crippen LogP contribution in [-0.4, -0.2) is 29.9 Å². The molecule has 14 heavy (non-hydrogen) atoms. The van der Waals surface area contributed by atoms with Gasteiger partial charge in [0.25, 0.3) is 0 Å². The molecule has 3 nitrogen and oxygen atoms in total. The minimum absolute atomic E-state index is 0.142. The van der Waals surface area contributed by atoms with Crippen molar-refractivity contribution < 1.29 is 4.79 Å². The Labute approximate surface area is 86.6 Å². The summed E-state index contributed by atoms with van der Waals surface area (Å²) in [4.78, 5) is 13.7. The summed E-state index contributed by atoms with van der Waals surface area (Å²) >= 11 is 0. The van der Waals surface area contributed by atoms with Crippen LogP contribution in [0.25, 0.3) is 0 Å². The number of amides is 1. The summed E-state index contributed by atoms with van der Waals surface area (Å²) < 4.78 is 0. The maximum Gasteiger partial charge on any atom is 0.222 e. The van der Waals surface area contributed by atoms with Gasteiger partial charge in [0, 0.05) is 25.6 Å². The fourth-order valence-corrected chi connectivity index (χ4v) is 1.90. The van der Waals surface area contributed by atoms with E-state index in [1.165, 1.54) is 12.8 Å². The largest absolute Gasteiger partial charge is 0.342 e. The lowest BCUT2D eigenvalue weighted by Gasteiger charge is -2.16. The number of nitrogens with zero attached hydrogens (tertiary/aromatic N) is 1. The van der Waals surface area contributed by atoms with E-state index in [0.29, 0.717) is 12.3 Å². The van der Waals surface area contributed by atoms with Gasteiger partial charge in [0.05, 0.1) is 0 Å². The molecule has 0 aliphatic carbocycles. The highest BCUT2D eigenvalue weighted by molar-refractivity contribution is 5.76. The van der Waals surface area contributed by atoms with Gasteiger partial charge in [0.2, 0.25) is 5.91 Å². The van der Waals surface area contributed by atoms with Crippen molar-refractivity contribution in [2.24, 2.45) is 11.7 Å². The number of carbonyl (C=O) groups is 1. The molecule has 2 unspecified atom stereocenters. The standard InChI is InChI=1S/C11H22N2O/c1-3-10-6-7-13(8-10)11(14)5-4-9(2)12/h9-10H,3-8,12H2,1-2H3. The second kappa shape index (κ2) is 5.35. The maximum absolute atomic E-state index is 11.7. The third kappa shape index (κ3) is 3.29. The summed E-state index contributed by atoms with van der Waals surface area (Å²) in [5.74, 6) is 1.02. The van der Waals surface area contributed by atoms with Crippen LogP contribution in [0.15, 0.2) is 0 Å². The van der Waals surface area contributed by atoms with Crippen LogP contribution in [0.1, 0.15) is 39.5 Å². The van der Waals surface area contributed by atoms with Crippen molar-refractivity contribution in [3.05, 3.63) is 0 Å². The first kappa shape index (κ1) is 11.5. The minimum atomic E-state index is 0.142. The average Bonchev–Trinajstić information content (AvgIpc) is 2.62. The smallest absolute Gasteiger partial charge is 0.222 e. The Morgan fingerprint density at radius 1 is 1.64 bits per heavy atom. The Morgan fingerprint density at radius 2 is 2.36 bits per heavy atom. The van der Waals surface area contributed by atoms with E-state index in [9.17, 15) is 4.79 Å². The van der Waals surface area contributed by atoms with Crippen molar-refractivity contribution >= 4 is 5.91 Å². The molecule has 0 radical (unpaired) electrons. The lowest BCUT2D eigenvalue weighted by atomic mass is 10.1. The Hall–Kier alpha value is -0.570. The predicted molar refractivity (Wildman–Crippen MR) is 57.9 cm³/mol. The summed E-state index contributed by atoms with van der Waals surface area (Å²) in [5, 5.41) is 0. The van der Waals surface area contributed by atoms with E-state index in [0.717, 1.165) is 25.4 Å². The molecular weight excluding hydrogens is 176 g/mol. The Morgan fingerprint density at radius 3 is 2.86 bits per heavy atom. The molecule has 3 heteroatoms. The van der Waals surface area contributed by atoms with Gasteiger partial charge in [0.15, 0.2) is 0 Å². The summed E-state index contributed by atoms with van der Waals surface area (Å²) in [6, 6.07) is 0.142. The summed E-state index contributed by atoms with van der Waals surface area (Å²) in [6.45, 7) is 6.07. The number of rotatable bonds is 4. The van der Waals surface area contributed by atoms with Crippen molar-refractivity contribution in [1.29, 1.82) is 0 Å². The van der Waals surface area contributed by atoms with Crippen molar-refractivity contribution in [3.8, 4) is 0 Å². The molecule has 1 fully saturated rings. The second-order valence-electron chi connectivity index (χ2n) is 4.42. The molecule has 1 saturated heterocycles. The molecule has 2 N–H and O–H groups in total. The zero-order valence-corrected chi connectivity index (χ0v) is 9.33.